The van der Waals surface area contributed by atoms with E-state index in [9.17, 15) is 28.8 Å². The number of likely N-dealkylation sites (N-methyl/N-ethyl adjacent to an activating group) is 1. The summed E-state index contributed by atoms with van der Waals surface area (Å²) in [4.78, 5) is 85.0. The van der Waals surface area contributed by atoms with Crippen LogP contribution in [0.3, 0.4) is 0 Å². The predicted octanol–water partition coefficient (Wildman–Crippen LogP) is 1.04. The number of carbonyl (C=O) groups is 6. The van der Waals surface area contributed by atoms with Gasteiger partial charge in [-0.3, -0.25) is 28.9 Å². The first kappa shape index (κ1) is 30.1. The molecule has 0 unspecified atom stereocenters. The van der Waals surface area contributed by atoms with Crippen LogP contribution in [0.5, 0.6) is 0 Å². The molecule has 4 atom stereocenters. The van der Waals surface area contributed by atoms with Crippen LogP contribution in [0.1, 0.15) is 27.7 Å². The fourth-order valence-electron chi connectivity index (χ4n) is 6.55. The first-order valence-electron chi connectivity index (χ1n) is 13.6. The average Bonchev–Trinajstić information content (AvgIpc) is 2.99. The van der Waals surface area contributed by atoms with Gasteiger partial charge in [-0.15, -0.1) is 0 Å². The van der Waals surface area contributed by atoms with Crippen molar-refractivity contribution in [3.05, 3.63) is 68.4 Å². The van der Waals surface area contributed by atoms with Gasteiger partial charge in [-0.05, 0) is 40.8 Å². The first-order chi connectivity index (χ1) is 20.4. The molecule has 2 bridgehead atoms. The summed E-state index contributed by atoms with van der Waals surface area (Å²) in [5.74, 6) is -3.74. The Kier molecular flexibility index (Phi) is 7.47. The van der Waals surface area contributed by atoms with Gasteiger partial charge in [0.05, 0.1) is 20.3 Å². The minimum Gasteiger partial charge on any atom is -0.492 e. The van der Waals surface area contributed by atoms with Crippen molar-refractivity contribution in [2.24, 2.45) is 0 Å². The number of amides is 1. The van der Waals surface area contributed by atoms with Crippen molar-refractivity contribution in [2.75, 3.05) is 35.0 Å². The summed E-state index contributed by atoms with van der Waals surface area (Å²) in [7, 11) is 5.51. The largest absolute Gasteiger partial charge is 0.492 e. The van der Waals surface area contributed by atoms with Crippen molar-refractivity contribution >= 4 is 35.0 Å². The number of carbonyl (C=O) groups excluding carboxylic acids is 6. The second-order valence-corrected chi connectivity index (χ2v) is 10.8. The Morgan fingerprint density at radius 2 is 1.47 bits per heavy atom. The Labute approximate surface area is 247 Å². The fourth-order valence-corrected chi connectivity index (χ4v) is 6.55. The molecule has 5 aliphatic rings. The molecule has 0 aromatic heterocycles. The van der Waals surface area contributed by atoms with Crippen LogP contribution in [0.4, 0.5) is 0 Å². The summed E-state index contributed by atoms with van der Waals surface area (Å²) in [6, 6.07) is -3.33. The summed E-state index contributed by atoms with van der Waals surface area (Å²) >= 11 is 0. The monoisotopic (exact) mass is 592 g/mol. The molecule has 1 saturated heterocycles. The molecule has 12 heteroatoms. The zero-order valence-corrected chi connectivity index (χ0v) is 25.1. The van der Waals surface area contributed by atoms with Gasteiger partial charge in [0.1, 0.15) is 24.8 Å². The summed E-state index contributed by atoms with van der Waals surface area (Å²) in [6.07, 6.45) is 1.82. The number of hydrogen-bond donors (Lipinski definition) is 0. The Balaban J connectivity index is 1.77. The molecule has 3 aliphatic heterocycles. The third kappa shape index (κ3) is 4.04. The number of nitrogens with zero attached hydrogens (tertiary/aromatic N) is 2. The van der Waals surface area contributed by atoms with Crippen LogP contribution >= 0.6 is 0 Å². The third-order valence-electron chi connectivity index (χ3n) is 8.80. The van der Waals surface area contributed by atoms with Crippen molar-refractivity contribution in [2.45, 2.75) is 51.9 Å². The van der Waals surface area contributed by atoms with Crippen molar-refractivity contribution < 1.29 is 47.7 Å². The molecule has 1 amide bonds. The van der Waals surface area contributed by atoms with Crippen LogP contribution < -0.4 is 0 Å². The highest BCUT2D eigenvalue weighted by Crippen LogP contribution is 2.48. The van der Waals surface area contributed by atoms with E-state index in [4.69, 9.17) is 18.9 Å². The van der Waals surface area contributed by atoms with Crippen molar-refractivity contribution in [3.63, 3.8) is 0 Å². The lowest BCUT2D eigenvalue weighted by Gasteiger charge is -2.55. The highest BCUT2D eigenvalue weighted by atomic mass is 16.5. The van der Waals surface area contributed by atoms with Gasteiger partial charge in [0, 0.05) is 51.8 Å². The molecule has 0 N–H and O–H groups in total. The molecule has 1 fully saturated rings. The molecule has 3 heterocycles. The maximum absolute atomic E-state index is 14.4. The minimum atomic E-state index is -1.24. The zero-order chi connectivity index (χ0) is 31.7. The Hall–Kier alpha value is -4.42. The van der Waals surface area contributed by atoms with Crippen molar-refractivity contribution in [1.29, 1.82) is 0 Å². The van der Waals surface area contributed by atoms with E-state index in [2.05, 4.69) is 0 Å². The molecular weight excluding hydrogens is 560 g/mol. The molecule has 226 valence electrons. The number of Topliss-reactive ketones (excluding diaryl/α,β-unsaturated/α-hetero) is 4. The lowest BCUT2D eigenvalue weighted by molar-refractivity contribution is -0.153. The van der Waals surface area contributed by atoms with Crippen LogP contribution in [0.2, 0.25) is 0 Å². The SMILES string of the molecule is C/C=C(/C)C(=O)OC[C@@H]1C2=C(C=C3[C@@H]4C5=C(C(=O)C(C)=C(OC)C5=O)[C@@H](OC)[C@H](C(=O)N31)N4C)C(=O)C(C)=C(OC)C2=O. The van der Waals surface area contributed by atoms with Gasteiger partial charge in [-0.2, -0.15) is 0 Å². The number of piperazine rings is 1. The number of allylic oxidation sites excluding steroid dienone is 7. The lowest BCUT2D eigenvalue weighted by Crippen LogP contribution is -2.70. The lowest BCUT2D eigenvalue weighted by atomic mass is 9.71. The minimum absolute atomic E-state index is 0.0118. The third-order valence-corrected chi connectivity index (χ3v) is 8.80. The van der Waals surface area contributed by atoms with Gasteiger partial charge in [0.25, 0.3) is 0 Å². The Morgan fingerprint density at radius 1 is 0.884 bits per heavy atom. The average molecular weight is 593 g/mol. The van der Waals surface area contributed by atoms with E-state index in [1.54, 1.807) is 31.9 Å². The van der Waals surface area contributed by atoms with E-state index in [0.717, 1.165) is 0 Å². The molecule has 2 aliphatic carbocycles. The van der Waals surface area contributed by atoms with E-state index < -0.39 is 65.8 Å². The van der Waals surface area contributed by atoms with Gasteiger partial charge in [-0.1, -0.05) is 6.08 Å². The second-order valence-electron chi connectivity index (χ2n) is 10.8. The van der Waals surface area contributed by atoms with Crippen LogP contribution in [0.25, 0.3) is 0 Å². The number of ketones is 4. The first-order valence-corrected chi connectivity index (χ1v) is 13.6. The van der Waals surface area contributed by atoms with Crippen LogP contribution in [0.15, 0.2) is 68.4 Å². The summed E-state index contributed by atoms with van der Waals surface area (Å²) in [6.45, 7) is 5.68. The van der Waals surface area contributed by atoms with E-state index in [-0.39, 0.29) is 50.7 Å². The van der Waals surface area contributed by atoms with E-state index in [0.29, 0.717) is 5.57 Å². The van der Waals surface area contributed by atoms with Gasteiger partial charge in [-0.25, -0.2) is 4.79 Å². The molecule has 0 aromatic rings. The topological polar surface area (TPSA) is 146 Å². The number of hydrogen-bond acceptors (Lipinski definition) is 11. The van der Waals surface area contributed by atoms with E-state index in [1.165, 1.54) is 46.2 Å². The Bertz CT molecular complexity index is 1620. The van der Waals surface area contributed by atoms with Gasteiger partial charge >= 0.3 is 5.97 Å². The smallest absolute Gasteiger partial charge is 0.333 e. The normalized spacial score (nSPS) is 27.8. The number of ether oxygens (including phenoxy) is 4. The summed E-state index contributed by atoms with van der Waals surface area (Å²) in [5, 5.41) is 0. The maximum atomic E-state index is 14.4. The van der Waals surface area contributed by atoms with E-state index >= 15 is 0 Å². The molecule has 0 spiro atoms. The molecule has 5 rings (SSSR count). The highest BCUT2D eigenvalue weighted by Gasteiger charge is 2.60. The maximum Gasteiger partial charge on any atom is 0.333 e. The quantitative estimate of drug-likeness (QED) is 0.248. The number of esters is 1. The van der Waals surface area contributed by atoms with Gasteiger partial charge in [0.2, 0.25) is 17.5 Å². The molecule has 12 nitrogen and oxygen atoms in total. The molecule has 43 heavy (non-hydrogen) atoms. The second kappa shape index (κ2) is 10.7. The van der Waals surface area contributed by atoms with Gasteiger partial charge in [0.15, 0.2) is 23.1 Å². The standard InChI is InChI=1S/C31H32N2O10/c1-9-12(2)31(39)43-11-17-18-15(23(34)13(3)27(40-6)25(18)36)10-16-21-19-20(24(35)14(4)28(41-7)26(19)37)29(42-8)22(32(21)5)30(38)33(16)17/h9-10,17,21-22,29H,11H2,1-8H3/b12-9-/t17-,21-,22-,29-/m1/s1. The summed E-state index contributed by atoms with van der Waals surface area (Å²) in [5.41, 5.74) is 0.651. The molecule has 0 radical (unpaired) electrons. The number of fused-ring (bicyclic) bond motifs is 5. The molecule has 0 saturated carbocycles. The molecular formula is C31H32N2O10. The zero-order valence-electron chi connectivity index (χ0n) is 25.1. The number of methoxy groups -OCH3 is 3. The predicted molar refractivity (Wildman–Crippen MR) is 149 cm³/mol. The van der Waals surface area contributed by atoms with E-state index in [1.807, 2.05) is 0 Å². The Morgan fingerprint density at radius 3 is 2.02 bits per heavy atom. The fraction of sp³-hybridized carbons (Fsp3) is 0.419. The number of rotatable bonds is 6. The van der Waals surface area contributed by atoms with Crippen molar-refractivity contribution in [1.82, 2.24) is 9.80 Å². The van der Waals surface area contributed by atoms with Gasteiger partial charge < -0.3 is 23.8 Å². The highest BCUT2D eigenvalue weighted by molar-refractivity contribution is 6.28. The van der Waals surface area contributed by atoms with Crippen LogP contribution in [-0.4, -0.2) is 104 Å². The summed E-state index contributed by atoms with van der Waals surface area (Å²) < 4.78 is 21.9. The van der Waals surface area contributed by atoms with Crippen LogP contribution in [0, 0.1) is 0 Å². The van der Waals surface area contributed by atoms with Crippen LogP contribution in [-0.2, 0) is 47.7 Å². The van der Waals surface area contributed by atoms with Crippen molar-refractivity contribution in [3.8, 4) is 0 Å². The molecule has 0 aromatic carbocycles.